The Morgan fingerprint density at radius 2 is 1.96 bits per heavy atom. The Morgan fingerprint density at radius 3 is 2.68 bits per heavy atom. The van der Waals surface area contributed by atoms with E-state index in [1.165, 1.54) is 4.90 Å². The van der Waals surface area contributed by atoms with Gasteiger partial charge in [-0.15, -0.1) is 11.6 Å². The Bertz CT molecular complexity index is 807. The molecule has 1 amide bonds. The summed E-state index contributed by atoms with van der Waals surface area (Å²) in [6.07, 6.45) is -1.06. The first-order valence-electron chi connectivity index (χ1n) is 8.31. The molecule has 3 rings (SSSR count). The minimum atomic E-state index is -1.03. The molecule has 1 aliphatic rings. The number of carbonyl (C=O) groups excluding carboxylic acids is 2. The van der Waals surface area contributed by atoms with Gasteiger partial charge in [-0.3, -0.25) is 14.5 Å². The zero-order valence-corrected chi connectivity index (χ0v) is 14.7. The van der Waals surface area contributed by atoms with Crippen molar-refractivity contribution in [2.24, 2.45) is 0 Å². The first kappa shape index (κ1) is 17.7. The number of esters is 1. The van der Waals surface area contributed by atoms with E-state index in [0.29, 0.717) is 5.69 Å². The number of anilines is 1. The highest BCUT2D eigenvalue weighted by molar-refractivity contribution is 6.19. The number of hydrogen-bond acceptors (Lipinski definition) is 4. The van der Waals surface area contributed by atoms with Gasteiger partial charge in [-0.2, -0.15) is 0 Å². The second-order valence-electron chi connectivity index (χ2n) is 5.96. The number of halogens is 1. The van der Waals surface area contributed by atoms with Gasteiger partial charge in [0.1, 0.15) is 6.23 Å². The number of nitrogens with zero attached hydrogens (tertiary/aromatic N) is 1. The molecule has 0 bridgehead atoms. The molecule has 5 nitrogen and oxygen atoms in total. The molecule has 25 heavy (non-hydrogen) atoms. The predicted molar refractivity (Wildman–Crippen MR) is 96.8 cm³/mol. The maximum atomic E-state index is 12.6. The maximum absolute atomic E-state index is 12.6. The molecule has 2 atom stereocenters. The number of rotatable bonds is 5. The van der Waals surface area contributed by atoms with Gasteiger partial charge in [0.15, 0.2) is 0 Å². The highest BCUT2D eigenvalue weighted by Crippen LogP contribution is 2.44. The Hall–Kier alpha value is -2.11. The number of benzene rings is 2. The first-order chi connectivity index (χ1) is 12.1. The van der Waals surface area contributed by atoms with Gasteiger partial charge in [0.2, 0.25) is 5.91 Å². The molecule has 0 aromatic heterocycles. The molecule has 1 heterocycles. The fourth-order valence-corrected chi connectivity index (χ4v) is 3.67. The van der Waals surface area contributed by atoms with E-state index < -0.39 is 12.2 Å². The van der Waals surface area contributed by atoms with E-state index in [1.54, 1.807) is 6.92 Å². The lowest BCUT2D eigenvalue weighted by Crippen LogP contribution is -2.39. The zero-order valence-electron chi connectivity index (χ0n) is 13.9. The normalized spacial score (nSPS) is 19.1. The van der Waals surface area contributed by atoms with E-state index in [9.17, 15) is 14.7 Å². The van der Waals surface area contributed by atoms with Crippen molar-refractivity contribution < 1.29 is 19.4 Å². The fraction of sp³-hybridized carbons (Fsp3) is 0.368. The SMILES string of the molecule is CCOC(=O)CCC(=O)N1c2ccc3ccccc3c2C(CCl)C1O. The average Bonchev–Trinajstić information content (AvgIpc) is 2.91. The molecule has 132 valence electrons. The summed E-state index contributed by atoms with van der Waals surface area (Å²) in [6, 6.07) is 11.6. The van der Waals surface area contributed by atoms with E-state index in [1.807, 2.05) is 36.4 Å². The van der Waals surface area contributed by atoms with Crippen molar-refractivity contribution in [3.8, 4) is 0 Å². The van der Waals surface area contributed by atoms with Crippen LogP contribution < -0.4 is 4.90 Å². The van der Waals surface area contributed by atoms with Gasteiger partial charge < -0.3 is 9.84 Å². The molecule has 0 saturated carbocycles. The standard InChI is InChI=1S/C19H20ClNO4/c1-2-25-17(23)10-9-16(22)21-15-8-7-12-5-3-4-6-13(12)18(15)14(11-20)19(21)24/h3-8,14,19,24H,2,9-11H2,1H3. The van der Waals surface area contributed by atoms with E-state index >= 15 is 0 Å². The summed E-state index contributed by atoms with van der Waals surface area (Å²) < 4.78 is 4.86. The van der Waals surface area contributed by atoms with Crippen LogP contribution in [0.4, 0.5) is 5.69 Å². The number of ether oxygens (including phenoxy) is 1. The number of aliphatic hydroxyl groups is 1. The number of carbonyl (C=O) groups is 2. The minimum absolute atomic E-state index is 0.00957. The van der Waals surface area contributed by atoms with Crippen LogP contribution in [-0.2, 0) is 14.3 Å². The third-order valence-corrected chi connectivity index (χ3v) is 4.82. The molecule has 0 saturated heterocycles. The lowest BCUT2D eigenvalue weighted by Gasteiger charge is -2.23. The van der Waals surface area contributed by atoms with Crippen LogP contribution >= 0.6 is 11.6 Å². The van der Waals surface area contributed by atoms with Gasteiger partial charge in [-0.05, 0) is 29.3 Å². The summed E-state index contributed by atoms with van der Waals surface area (Å²) in [4.78, 5) is 25.5. The van der Waals surface area contributed by atoms with Crippen LogP contribution in [0.5, 0.6) is 0 Å². The lowest BCUT2D eigenvalue weighted by molar-refractivity contribution is -0.144. The summed E-state index contributed by atoms with van der Waals surface area (Å²) in [6.45, 7) is 2.00. The quantitative estimate of drug-likeness (QED) is 0.656. The Kier molecular flexibility index (Phi) is 5.25. The number of amides is 1. The number of hydrogen-bond donors (Lipinski definition) is 1. The van der Waals surface area contributed by atoms with E-state index in [2.05, 4.69) is 0 Å². The second kappa shape index (κ2) is 7.42. The monoisotopic (exact) mass is 361 g/mol. The van der Waals surface area contributed by atoms with Crippen LogP contribution in [0, 0.1) is 0 Å². The first-order valence-corrected chi connectivity index (χ1v) is 8.85. The summed E-state index contributed by atoms with van der Waals surface area (Å²) in [7, 11) is 0. The van der Waals surface area contributed by atoms with E-state index in [4.69, 9.17) is 16.3 Å². The van der Waals surface area contributed by atoms with Gasteiger partial charge in [0.05, 0.1) is 18.7 Å². The van der Waals surface area contributed by atoms with Crippen LogP contribution in [0.1, 0.15) is 31.2 Å². The predicted octanol–water partition coefficient (Wildman–Crippen LogP) is 3.17. The van der Waals surface area contributed by atoms with Gasteiger partial charge in [-0.1, -0.05) is 30.3 Å². The molecule has 1 N–H and O–H groups in total. The molecule has 6 heteroatoms. The molecule has 0 radical (unpaired) electrons. The second-order valence-corrected chi connectivity index (χ2v) is 6.27. The molecule has 2 unspecified atom stereocenters. The average molecular weight is 362 g/mol. The lowest BCUT2D eigenvalue weighted by atomic mass is 9.95. The molecular formula is C19H20ClNO4. The Labute approximate surface area is 151 Å². The highest BCUT2D eigenvalue weighted by atomic mass is 35.5. The molecule has 0 aliphatic carbocycles. The minimum Gasteiger partial charge on any atom is -0.466 e. The van der Waals surface area contributed by atoms with E-state index in [-0.39, 0.29) is 37.2 Å². The van der Waals surface area contributed by atoms with E-state index in [0.717, 1.165) is 16.3 Å². The van der Waals surface area contributed by atoms with Crippen LogP contribution in [0.15, 0.2) is 36.4 Å². The van der Waals surface area contributed by atoms with Crippen LogP contribution in [0.25, 0.3) is 10.8 Å². The maximum Gasteiger partial charge on any atom is 0.306 e. The van der Waals surface area contributed by atoms with Gasteiger partial charge >= 0.3 is 5.97 Å². The Morgan fingerprint density at radius 1 is 1.20 bits per heavy atom. The smallest absolute Gasteiger partial charge is 0.306 e. The van der Waals surface area contributed by atoms with Crippen LogP contribution in [-0.4, -0.2) is 35.7 Å². The fourth-order valence-electron chi connectivity index (χ4n) is 3.36. The molecular weight excluding hydrogens is 342 g/mol. The van der Waals surface area contributed by atoms with Crippen molar-refractivity contribution in [3.63, 3.8) is 0 Å². The molecule has 2 aromatic carbocycles. The molecule has 2 aromatic rings. The number of fused-ring (bicyclic) bond motifs is 3. The Balaban J connectivity index is 1.94. The summed E-state index contributed by atoms with van der Waals surface area (Å²) >= 11 is 6.10. The van der Waals surface area contributed by atoms with Crippen molar-refractivity contribution >= 4 is 39.9 Å². The van der Waals surface area contributed by atoms with Gasteiger partial charge in [-0.25, -0.2) is 0 Å². The molecule has 1 aliphatic heterocycles. The van der Waals surface area contributed by atoms with Crippen molar-refractivity contribution in [2.75, 3.05) is 17.4 Å². The van der Waals surface area contributed by atoms with Crippen LogP contribution in [0.3, 0.4) is 0 Å². The van der Waals surface area contributed by atoms with Crippen molar-refractivity contribution in [2.45, 2.75) is 31.9 Å². The van der Waals surface area contributed by atoms with Gasteiger partial charge in [0, 0.05) is 18.2 Å². The highest BCUT2D eigenvalue weighted by Gasteiger charge is 2.41. The summed E-state index contributed by atoms with van der Waals surface area (Å²) in [5.41, 5.74) is 1.54. The van der Waals surface area contributed by atoms with Crippen LogP contribution in [0.2, 0.25) is 0 Å². The third kappa shape index (κ3) is 3.22. The van der Waals surface area contributed by atoms with Crippen molar-refractivity contribution in [1.82, 2.24) is 0 Å². The topological polar surface area (TPSA) is 66.8 Å². The molecule has 0 spiro atoms. The van der Waals surface area contributed by atoms with Crippen molar-refractivity contribution in [1.29, 1.82) is 0 Å². The summed E-state index contributed by atoms with van der Waals surface area (Å²) in [5.74, 6) is -0.903. The summed E-state index contributed by atoms with van der Waals surface area (Å²) in [5, 5.41) is 12.7. The number of aliphatic hydroxyl groups excluding tert-OH is 1. The zero-order chi connectivity index (χ0) is 18.0. The van der Waals surface area contributed by atoms with Crippen molar-refractivity contribution in [3.05, 3.63) is 42.0 Å². The van der Waals surface area contributed by atoms with Gasteiger partial charge in [0.25, 0.3) is 0 Å². The molecule has 0 fully saturated rings. The number of alkyl halides is 1. The largest absolute Gasteiger partial charge is 0.466 e. The third-order valence-electron chi connectivity index (χ3n) is 4.49.